The van der Waals surface area contributed by atoms with Crippen molar-refractivity contribution in [3.8, 4) is 0 Å². The van der Waals surface area contributed by atoms with Gasteiger partial charge in [-0.3, -0.25) is 9.59 Å². The summed E-state index contributed by atoms with van der Waals surface area (Å²) in [6.07, 6.45) is 0. The summed E-state index contributed by atoms with van der Waals surface area (Å²) in [6, 6.07) is 4.39. The average molecular weight is 312 g/mol. The molecular weight excluding hydrogens is 300 g/mol. The van der Waals surface area contributed by atoms with E-state index >= 15 is 0 Å². The largest absolute Gasteiger partial charge is 0.480 e. The summed E-state index contributed by atoms with van der Waals surface area (Å²) in [5.41, 5.74) is 7.33. The summed E-state index contributed by atoms with van der Waals surface area (Å²) in [5.74, 6) is -0.982. The normalized spacial score (nSPS) is 13.4. The van der Waals surface area contributed by atoms with Crippen molar-refractivity contribution in [2.75, 3.05) is 16.8 Å². The highest BCUT2D eigenvalue weighted by atomic mass is 32.2. The van der Waals surface area contributed by atoms with E-state index < -0.39 is 12.0 Å². The van der Waals surface area contributed by atoms with Gasteiger partial charge in [0.25, 0.3) is 0 Å². The maximum absolute atomic E-state index is 11.8. The van der Waals surface area contributed by atoms with Crippen LogP contribution in [0.3, 0.4) is 0 Å². The first-order valence-corrected chi connectivity index (χ1v) is 7.53. The number of rotatable bonds is 6. The maximum atomic E-state index is 11.8. The fourth-order valence-corrected chi connectivity index (χ4v) is 2.76. The summed E-state index contributed by atoms with van der Waals surface area (Å²) < 4.78 is 8.20. The quantitative estimate of drug-likeness (QED) is 0.747. The molecule has 1 atom stereocenters. The minimum atomic E-state index is -1.07. The highest BCUT2D eigenvalue weighted by Gasteiger charge is 2.14. The molecule has 9 heteroatoms. The number of nitrogens with zero attached hydrogens (tertiary/aromatic N) is 2. The minimum absolute atomic E-state index is 0.134. The molecule has 4 N–H and O–H groups in total. The van der Waals surface area contributed by atoms with Crippen molar-refractivity contribution in [3.05, 3.63) is 18.2 Å². The third-order valence-corrected chi connectivity index (χ3v) is 4.01. The Hall–Kier alpha value is -1.71. The molecule has 0 fully saturated rings. The molecule has 1 aliphatic heterocycles. The first-order valence-electron chi connectivity index (χ1n) is 5.65. The van der Waals surface area contributed by atoms with Crippen LogP contribution in [0.4, 0.5) is 17.1 Å². The van der Waals surface area contributed by atoms with E-state index in [0.717, 1.165) is 17.0 Å². The summed E-state index contributed by atoms with van der Waals surface area (Å²) in [6.45, 7) is 0. The number of carboxylic acids is 1. The Labute approximate surface area is 122 Å². The van der Waals surface area contributed by atoms with Crippen molar-refractivity contribution in [2.45, 2.75) is 6.04 Å². The molecule has 7 nitrogen and oxygen atoms in total. The standard InChI is InChI=1S/C11H12N4O3S2/c12-6(11(17)18)4-19-5-9(16)13-7-2-1-3-8-10(7)15-20-14-8/h1-3,6H,4-5,12H2,(H,13,16)(H,17,18)/t6-/m1/s1. The zero-order valence-electron chi connectivity index (χ0n) is 10.3. The molecule has 0 saturated carbocycles. The lowest BCUT2D eigenvalue weighted by Crippen LogP contribution is -2.33. The number of hydrogen-bond donors (Lipinski definition) is 3. The van der Waals surface area contributed by atoms with Gasteiger partial charge in [-0.1, -0.05) is 6.07 Å². The lowest BCUT2D eigenvalue weighted by Gasteiger charge is -2.08. The number of carboxylic acid groups (broad SMARTS) is 1. The first kappa shape index (κ1) is 14.7. The van der Waals surface area contributed by atoms with Crippen LogP contribution in [0, 0.1) is 0 Å². The molecular formula is C11H12N4O3S2. The van der Waals surface area contributed by atoms with Crippen molar-refractivity contribution in [2.24, 2.45) is 14.5 Å². The van der Waals surface area contributed by atoms with E-state index in [1.165, 1.54) is 11.8 Å². The number of fused-ring (bicyclic) bond motifs is 1. The number of anilines is 1. The molecule has 1 amide bonds. The Morgan fingerprint density at radius 1 is 1.45 bits per heavy atom. The lowest BCUT2D eigenvalue weighted by atomic mass is 10.2. The number of hydrogen-bond acceptors (Lipinski definition) is 6. The van der Waals surface area contributed by atoms with Gasteiger partial charge in [-0.15, -0.1) is 11.8 Å². The number of thioether (sulfide) groups is 1. The molecule has 0 saturated heterocycles. The van der Waals surface area contributed by atoms with Gasteiger partial charge in [-0.2, -0.15) is 8.73 Å². The van der Waals surface area contributed by atoms with Gasteiger partial charge in [0, 0.05) is 5.75 Å². The van der Waals surface area contributed by atoms with Gasteiger partial charge in [0.1, 0.15) is 17.4 Å². The van der Waals surface area contributed by atoms with Gasteiger partial charge in [0.2, 0.25) is 5.91 Å². The summed E-state index contributed by atoms with van der Waals surface area (Å²) in [7, 11) is 0. The van der Waals surface area contributed by atoms with Crippen molar-refractivity contribution < 1.29 is 14.7 Å². The van der Waals surface area contributed by atoms with Crippen LogP contribution in [0.5, 0.6) is 0 Å². The topological polar surface area (TPSA) is 117 Å². The molecule has 106 valence electrons. The van der Waals surface area contributed by atoms with E-state index in [2.05, 4.69) is 14.0 Å². The second-order valence-electron chi connectivity index (χ2n) is 3.95. The zero-order chi connectivity index (χ0) is 14.5. The van der Waals surface area contributed by atoms with Crippen LogP contribution in [0.1, 0.15) is 0 Å². The molecule has 2 rings (SSSR count). The molecule has 0 aromatic heterocycles. The Bertz CT molecular complexity index is 614. The predicted octanol–water partition coefficient (Wildman–Crippen LogP) is 1.50. The summed E-state index contributed by atoms with van der Waals surface area (Å²) >= 11 is 2.25. The molecule has 1 aromatic rings. The van der Waals surface area contributed by atoms with E-state index in [4.69, 9.17) is 10.8 Å². The monoisotopic (exact) mass is 312 g/mol. The smallest absolute Gasteiger partial charge is 0.321 e. The van der Waals surface area contributed by atoms with Crippen molar-refractivity contribution in [1.82, 2.24) is 0 Å². The second-order valence-corrected chi connectivity index (χ2v) is 5.50. The van der Waals surface area contributed by atoms with Gasteiger partial charge in [-0.05, 0) is 12.1 Å². The molecule has 20 heavy (non-hydrogen) atoms. The van der Waals surface area contributed by atoms with Crippen molar-refractivity contribution in [1.29, 1.82) is 0 Å². The van der Waals surface area contributed by atoms with Crippen molar-refractivity contribution >= 4 is 52.1 Å². The van der Waals surface area contributed by atoms with Gasteiger partial charge in [-0.25, -0.2) is 0 Å². The maximum Gasteiger partial charge on any atom is 0.321 e. The molecule has 0 aliphatic carbocycles. The van der Waals surface area contributed by atoms with E-state index in [1.807, 2.05) is 6.07 Å². The van der Waals surface area contributed by atoms with Crippen LogP contribution in [0.2, 0.25) is 0 Å². The highest BCUT2D eigenvalue weighted by Crippen LogP contribution is 2.38. The molecule has 0 unspecified atom stereocenters. The van der Waals surface area contributed by atoms with Gasteiger partial charge >= 0.3 is 5.97 Å². The lowest BCUT2D eigenvalue weighted by molar-refractivity contribution is -0.137. The molecule has 1 aromatic carbocycles. The van der Waals surface area contributed by atoms with Crippen LogP contribution in [0.15, 0.2) is 26.9 Å². The molecule has 0 spiro atoms. The SMILES string of the molecule is N[C@H](CSCC(=O)Nc1cccc2c1N=S=N2)C(=O)O. The Morgan fingerprint density at radius 2 is 2.25 bits per heavy atom. The molecule has 0 bridgehead atoms. The van der Waals surface area contributed by atoms with Crippen LogP contribution in [-0.4, -0.2) is 34.5 Å². The summed E-state index contributed by atoms with van der Waals surface area (Å²) in [5, 5.41) is 11.4. The highest BCUT2D eigenvalue weighted by molar-refractivity contribution is 8.00. The Kier molecular flexibility index (Phi) is 4.88. The van der Waals surface area contributed by atoms with Gasteiger partial charge in [0.15, 0.2) is 0 Å². The van der Waals surface area contributed by atoms with Crippen LogP contribution < -0.4 is 11.1 Å². The molecule has 0 radical (unpaired) electrons. The number of nitrogens with one attached hydrogen (secondary N) is 1. The van der Waals surface area contributed by atoms with Gasteiger partial charge in [0.05, 0.1) is 22.8 Å². The van der Waals surface area contributed by atoms with Crippen molar-refractivity contribution in [3.63, 3.8) is 0 Å². The van der Waals surface area contributed by atoms with E-state index in [9.17, 15) is 9.59 Å². The number of benzene rings is 1. The number of carbonyl (C=O) groups excluding carboxylic acids is 1. The number of aliphatic carboxylic acids is 1. The third kappa shape index (κ3) is 3.65. The van der Waals surface area contributed by atoms with Crippen LogP contribution >= 0.6 is 11.8 Å². The van der Waals surface area contributed by atoms with E-state index in [1.54, 1.807) is 12.1 Å². The third-order valence-electron chi connectivity index (χ3n) is 2.41. The Morgan fingerprint density at radius 3 is 3.00 bits per heavy atom. The fraction of sp³-hybridized carbons (Fsp3) is 0.273. The van der Waals surface area contributed by atoms with E-state index in [-0.39, 0.29) is 17.4 Å². The first-order chi connectivity index (χ1) is 9.58. The van der Waals surface area contributed by atoms with Crippen LogP contribution in [0.25, 0.3) is 0 Å². The van der Waals surface area contributed by atoms with Crippen LogP contribution in [-0.2, 0) is 20.9 Å². The number of amides is 1. The number of carbonyl (C=O) groups is 2. The molecule has 1 heterocycles. The molecule has 1 aliphatic rings. The predicted molar refractivity (Wildman–Crippen MR) is 79.5 cm³/mol. The zero-order valence-corrected chi connectivity index (χ0v) is 11.9. The average Bonchev–Trinajstić information content (AvgIpc) is 2.87. The minimum Gasteiger partial charge on any atom is -0.480 e. The Balaban J connectivity index is 1.86. The number of nitrogens with two attached hydrogens (primary N) is 1. The van der Waals surface area contributed by atoms with E-state index in [0.29, 0.717) is 11.4 Å². The second kappa shape index (κ2) is 6.64. The summed E-state index contributed by atoms with van der Waals surface area (Å²) in [4.78, 5) is 22.3. The van der Waals surface area contributed by atoms with Gasteiger partial charge < -0.3 is 16.2 Å². The fourth-order valence-electron chi connectivity index (χ4n) is 1.44.